The molecule has 1 saturated heterocycles. The van der Waals surface area contributed by atoms with Crippen molar-refractivity contribution in [3.05, 3.63) is 23.8 Å². The zero-order chi connectivity index (χ0) is 18.4. The lowest BCUT2D eigenvalue weighted by atomic mass is 10.1. The fraction of sp³-hybridized carbons (Fsp3) is 0.588. The monoisotopic (exact) mass is 368 g/mol. The van der Waals surface area contributed by atoms with E-state index in [0.717, 1.165) is 35.9 Å². The third-order valence-corrected chi connectivity index (χ3v) is 6.16. The van der Waals surface area contributed by atoms with Gasteiger partial charge in [-0.2, -0.15) is 0 Å². The number of nitrogens with zero attached hydrogens (tertiary/aromatic N) is 2. The summed E-state index contributed by atoms with van der Waals surface area (Å²) in [6, 6.07) is 4.84. The lowest BCUT2D eigenvalue weighted by Gasteiger charge is -2.30. The molecule has 0 radical (unpaired) electrons. The predicted molar refractivity (Wildman–Crippen MR) is 99.6 cm³/mol. The van der Waals surface area contributed by atoms with Crippen LogP contribution in [0.4, 0.5) is 5.69 Å². The number of benzene rings is 1. The normalized spacial score (nSPS) is 15.4. The highest BCUT2D eigenvalue weighted by Crippen LogP contribution is 2.27. The van der Waals surface area contributed by atoms with Gasteiger partial charge in [0, 0.05) is 46.0 Å². The van der Waals surface area contributed by atoms with E-state index in [9.17, 15) is 13.2 Å². The van der Waals surface area contributed by atoms with Crippen LogP contribution in [-0.4, -0.2) is 66.0 Å². The minimum Gasteiger partial charge on any atom is -0.371 e. The molecule has 0 unspecified atom stereocenters. The van der Waals surface area contributed by atoms with E-state index in [1.807, 2.05) is 7.05 Å². The van der Waals surface area contributed by atoms with Crippen LogP contribution in [0.2, 0.25) is 0 Å². The standard InChI is InChI=1S/C17H28N4O3S/c1-18-9-10-19-17(22)15-13-14(25(23,24)20(2)3)7-8-16(15)21-11-5-4-6-12-21/h7-8,13,18H,4-6,9-12H2,1-3H3,(H,19,22). The van der Waals surface area contributed by atoms with Crippen LogP contribution in [0.1, 0.15) is 29.6 Å². The second kappa shape index (κ2) is 8.64. The van der Waals surface area contributed by atoms with E-state index in [0.29, 0.717) is 18.7 Å². The third kappa shape index (κ3) is 4.71. The zero-order valence-corrected chi connectivity index (χ0v) is 16.0. The van der Waals surface area contributed by atoms with Crippen molar-refractivity contribution in [2.24, 2.45) is 0 Å². The number of hydrogen-bond donors (Lipinski definition) is 2. The quantitative estimate of drug-likeness (QED) is 0.698. The van der Waals surface area contributed by atoms with Gasteiger partial charge in [0.1, 0.15) is 0 Å². The second-order valence-electron chi connectivity index (χ2n) is 6.37. The molecule has 2 rings (SSSR count). The van der Waals surface area contributed by atoms with Gasteiger partial charge in [-0.25, -0.2) is 12.7 Å². The van der Waals surface area contributed by atoms with E-state index in [2.05, 4.69) is 15.5 Å². The van der Waals surface area contributed by atoms with Crippen molar-refractivity contribution in [3.63, 3.8) is 0 Å². The Kier molecular flexibility index (Phi) is 6.80. The van der Waals surface area contributed by atoms with Gasteiger partial charge in [-0.1, -0.05) is 0 Å². The van der Waals surface area contributed by atoms with Gasteiger partial charge < -0.3 is 15.5 Å². The van der Waals surface area contributed by atoms with Crippen molar-refractivity contribution in [2.75, 3.05) is 52.2 Å². The van der Waals surface area contributed by atoms with Crippen LogP contribution in [0.5, 0.6) is 0 Å². The average Bonchev–Trinajstić information content (AvgIpc) is 2.62. The summed E-state index contributed by atoms with van der Waals surface area (Å²) in [6.07, 6.45) is 3.35. The first-order chi connectivity index (χ1) is 11.9. The molecule has 0 aliphatic carbocycles. The van der Waals surface area contributed by atoms with E-state index >= 15 is 0 Å². The molecule has 1 fully saturated rings. The van der Waals surface area contributed by atoms with Crippen LogP contribution in [0.3, 0.4) is 0 Å². The van der Waals surface area contributed by atoms with Crippen LogP contribution in [0.15, 0.2) is 23.1 Å². The Morgan fingerprint density at radius 2 is 1.84 bits per heavy atom. The van der Waals surface area contributed by atoms with E-state index in [1.165, 1.54) is 26.6 Å². The first kappa shape index (κ1) is 19.7. The van der Waals surface area contributed by atoms with Crippen molar-refractivity contribution >= 4 is 21.6 Å². The molecule has 7 nitrogen and oxygen atoms in total. The highest BCUT2D eigenvalue weighted by atomic mass is 32.2. The lowest BCUT2D eigenvalue weighted by Crippen LogP contribution is -2.35. The fourth-order valence-electron chi connectivity index (χ4n) is 2.88. The lowest BCUT2D eigenvalue weighted by molar-refractivity contribution is 0.0954. The number of anilines is 1. The first-order valence-electron chi connectivity index (χ1n) is 8.62. The van der Waals surface area contributed by atoms with Gasteiger partial charge in [0.15, 0.2) is 0 Å². The first-order valence-corrected chi connectivity index (χ1v) is 10.1. The number of rotatable bonds is 7. The average molecular weight is 369 g/mol. The molecule has 1 aromatic rings. The van der Waals surface area contributed by atoms with Crippen molar-refractivity contribution in [3.8, 4) is 0 Å². The number of carbonyl (C=O) groups is 1. The Morgan fingerprint density at radius 3 is 2.44 bits per heavy atom. The molecule has 0 saturated carbocycles. The van der Waals surface area contributed by atoms with Crippen LogP contribution >= 0.6 is 0 Å². The molecule has 25 heavy (non-hydrogen) atoms. The summed E-state index contributed by atoms with van der Waals surface area (Å²) in [5.74, 6) is -0.244. The van der Waals surface area contributed by atoms with Crippen LogP contribution in [0.25, 0.3) is 0 Å². The summed E-state index contributed by atoms with van der Waals surface area (Å²) < 4.78 is 26.0. The molecule has 8 heteroatoms. The highest BCUT2D eigenvalue weighted by molar-refractivity contribution is 7.89. The minimum atomic E-state index is -3.58. The molecule has 1 heterocycles. The maximum absolute atomic E-state index is 12.7. The summed E-state index contributed by atoms with van der Waals surface area (Å²) >= 11 is 0. The molecule has 140 valence electrons. The number of piperidine rings is 1. The number of nitrogens with one attached hydrogen (secondary N) is 2. The van der Waals surface area contributed by atoms with E-state index in [-0.39, 0.29) is 10.8 Å². The Morgan fingerprint density at radius 1 is 1.16 bits per heavy atom. The fourth-order valence-corrected chi connectivity index (χ4v) is 3.80. The number of sulfonamides is 1. The van der Waals surface area contributed by atoms with E-state index in [1.54, 1.807) is 12.1 Å². The summed E-state index contributed by atoms with van der Waals surface area (Å²) in [4.78, 5) is 15.0. The van der Waals surface area contributed by atoms with Gasteiger partial charge in [-0.05, 0) is 44.5 Å². The molecular formula is C17H28N4O3S. The highest BCUT2D eigenvalue weighted by Gasteiger charge is 2.23. The van der Waals surface area contributed by atoms with Crippen molar-refractivity contribution in [1.82, 2.24) is 14.9 Å². The molecule has 2 N–H and O–H groups in total. The predicted octanol–water partition coefficient (Wildman–Crippen LogP) is 0.876. The Bertz CT molecular complexity index is 698. The maximum atomic E-state index is 12.7. The van der Waals surface area contributed by atoms with Gasteiger partial charge >= 0.3 is 0 Å². The van der Waals surface area contributed by atoms with Gasteiger partial charge in [0.25, 0.3) is 5.91 Å². The van der Waals surface area contributed by atoms with Gasteiger partial charge in [0.05, 0.1) is 10.5 Å². The Hall–Kier alpha value is -1.64. The molecule has 1 aliphatic heterocycles. The van der Waals surface area contributed by atoms with Crippen molar-refractivity contribution in [2.45, 2.75) is 24.2 Å². The molecule has 0 spiro atoms. The molecule has 1 amide bonds. The van der Waals surface area contributed by atoms with E-state index in [4.69, 9.17) is 0 Å². The largest absolute Gasteiger partial charge is 0.371 e. The van der Waals surface area contributed by atoms with Crippen molar-refractivity contribution < 1.29 is 13.2 Å². The summed E-state index contributed by atoms with van der Waals surface area (Å²) in [5, 5.41) is 5.83. The Labute approximate surface area is 150 Å². The topological polar surface area (TPSA) is 81.7 Å². The van der Waals surface area contributed by atoms with Crippen LogP contribution in [-0.2, 0) is 10.0 Å². The molecule has 0 aromatic heterocycles. The summed E-state index contributed by atoms with van der Waals surface area (Å²) in [6.45, 7) is 2.91. The number of carbonyl (C=O) groups excluding carboxylic acids is 1. The molecule has 0 atom stereocenters. The minimum absolute atomic E-state index is 0.136. The molecular weight excluding hydrogens is 340 g/mol. The molecule has 0 bridgehead atoms. The van der Waals surface area contributed by atoms with Gasteiger partial charge in [-0.15, -0.1) is 0 Å². The molecule has 1 aliphatic rings. The smallest absolute Gasteiger partial charge is 0.253 e. The van der Waals surface area contributed by atoms with Crippen LogP contribution < -0.4 is 15.5 Å². The number of likely N-dealkylation sites (N-methyl/N-ethyl adjacent to an activating group) is 1. The van der Waals surface area contributed by atoms with Crippen molar-refractivity contribution in [1.29, 1.82) is 0 Å². The molecule has 1 aromatic carbocycles. The van der Waals surface area contributed by atoms with Gasteiger partial charge in [0.2, 0.25) is 10.0 Å². The number of hydrogen-bond acceptors (Lipinski definition) is 5. The second-order valence-corrected chi connectivity index (χ2v) is 8.53. The summed E-state index contributed by atoms with van der Waals surface area (Å²) in [5.41, 5.74) is 1.22. The zero-order valence-electron chi connectivity index (χ0n) is 15.2. The van der Waals surface area contributed by atoms with E-state index < -0.39 is 10.0 Å². The maximum Gasteiger partial charge on any atom is 0.253 e. The van der Waals surface area contributed by atoms with Crippen LogP contribution in [0, 0.1) is 0 Å². The SMILES string of the molecule is CNCCNC(=O)c1cc(S(=O)(=O)N(C)C)ccc1N1CCCCC1. The Balaban J connectivity index is 2.39. The van der Waals surface area contributed by atoms with Gasteiger partial charge in [-0.3, -0.25) is 4.79 Å². The third-order valence-electron chi connectivity index (χ3n) is 4.35. The summed E-state index contributed by atoms with van der Waals surface area (Å²) in [7, 11) is 1.21. The number of amides is 1.